The van der Waals surface area contributed by atoms with Gasteiger partial charge in [-0.1, -0.05) is 30.3 Å². The second-order valence-corrected chi connectivity index (χ2v) is 6.23. The number of likely N-dealkylation sites (tertiary alicyclic amines) is 1. The fourth-order valence-electron chi connectivity index (χ4n) is 2.86. The highest BCUT2D eigenvalue weighted by molar-refractivity contribution is 5.92. The van der Waals surface area contributed by atoms with E-state index >= 15 is 0 Å². The van der Waals surface area contributed by atoms with E-state index in [0.717, 1.165) is 18.4 Å². The first-order chi connectivity index (χ1) is 12.6. The Labute approximate surface area is 152 Å². The molecule has 3 rings (SSSR count). The van der Waals surface area contributed by atoms with Crippen LogP contribution in [0.25, 0.3) is 0 Å². The van der Waals surface area contributed by atoms with Crippen LogP contribution in [0.2, 0.25) is 0 Å². The Bertz CT molecular complexity index is 738. The molecule has 0 aliphatic carbocycles. The molecule has 1 aliphatic rings. The molecule has 0 atom stereocenters. The minimum Gasteiger partial charge on any atom is -0.490 e. The van der Waals surface area contributed by atoms with Crippen LogP contribution >= 0.6 is 0 Å². The summed E-state index contributed by atoms with van der Waals surface area (Å²) in [6.07, 6.45) is 1.21. The van der Waals surface area contributed by atoms with Gasteiger partial charge in [0.1, 0.15) is 18.5 Å². The van der Waals surface area contributed by atoms with E-state index in [0.29, 0.717) is 24.4 Å². The molecule has 6 nitrogen and oxygen atoms in total. The van der Waals surface area contributed by atoms with Crippen LogP contribution in [0.5, 0.6) is 5.75 Å². The van der Waals surface area contributed by atoms with Crippen LogP contribution in [0.1, 0.15) is 28.8 Å². The molecule has 0 spiro atoms. The molecule has 2 N–H and O–H groups in total. The summed E-state index contributed by atoms with van der Waals surface area (Å²) < 4.78 is 11.3. The van der Waals surface area contributed by atoms with Crippen LogP contribution in [0.4, 0.5) is 4.79 Å². The van der Waals surface area contributed by atoms with Gasteiger partial charge in [-0.3, -0.25) is 4.79 Å². The van der Waals surface area contributed by atoms with Crippen molar-refractivity contribution in [2.24, 2.45) is 5.73 Å². The summed E-state index contributed by atoms with van der Waals surface area (Å²) in [5, 5.41) is 0. The molecule has 6 heteroatoms. The number of piperidine rings is 1. The molecule has 26 heavy (non-hydrogen) atoms. The van der Waals surface area contributed by atoms with Crippen LogP contribution in [0.15, 0.2) is 54.6 Å². The number of nitrogens with zero attached hydrogens (tertiary/aromatic N) is 1. The van der Waals surface area contributed by atoms with E-state index in [1.54, 1.807) is 29.2 Å². The predicted molar refractivity (Wildman–Crippen MR) is 96.8 cm³/mol. The minimum atomic E-state index is -0.459. The maximum Gasteiger partial charge on any atom is 0.410 e. The van der Waals surface area contributed by atoms with Gasteiger partial charge in [0.2, 0.25) is 5.91 Å². The summed E-state index contributed by atoms with van der Waals surface area (Å²) in [6.45, 7) is 1.47. The fourth-order valence-corrected chi connectivity index (χ4v) is 2.86. The third-order valence-electron chi connectivity index (χ3n) is 4.35. The number of amides is 2. The second-order valence-electron chi connectivity index (χ2n) is 6.23. The summed E-state index contributed by atoms with van der Waals surface area (Å²) >= 11 is 0. The second kappa shape index (κ2) is 8.38. The van der Waals surface area contributed by atoms with Crippen LogP contribution in [0, 0.1) is 0 Å². The van der Waals surface area contributed by atoms with Crippen LogP contribution in [-0.2, 0) is 11.3 Å². The van der Waals surface area contributed by atoms with Crippen molar-refractivity contribution in [1.29, 1.82) is 0 Å². The molecule has 2 aromatic carbocycles. The topological polar surface area (TPSA) is 81.9 Å². The van der Waals surface area contributed by atoms with Crippen LogP contribution in [0.3, 0.4) is 0 Å². The average Bonchev–Trinajstić information content (AvgIpc) is 2.68. The summed E-state index contributed by atoms with van der Waals surface area (Å²) in [5.74, 6) is 0.235. The van der Waals surface area contributed by atoms with E-state index in [2.05, 4.69) is 0 Å². The highest BCUT2D eigenvalue weighted by atomic mass is 16.6. The van der Waals surface area contributed by atoms with Gasteiger partial charge in [-0.2, -0.15) is 0 Å². The van der Waals surface area contributed by atoms with Crippen molar-refractivity contribution >= 4 is 12.0 Å². The van der Waals surface area contributed by atoms with Crippen molar-refractivity contribution < 1.29 is 19.1 Å². The maximum absolute atomic E-state index is 12.2. The Morgan fingerprint density at radius 2 is 1.65 bits per heavy atom. The summed E-state index contributed by atoms with van der Waals surface area (Å²) in [4.78, 5) is 24.9. The van der Waals surface area contributed by atoms with E-state index < -0.39 is 5.91 Å². The lowest BCUT2D eigenvalue weighted by Gasteiger charge is -2.31. The third kappa shape index (κ3) is 4.75. The van der Waals surface area contributed by atoms with E-state index in [4.69, 9.17) is 15.2 Å². The van der Waals surface area contributed by atoms with Crippen molar-refractivity contribution in [3.05, 3.63) is 65.7 Å². The Balaban J connectivity index is 1.43. The monoisotopic (exact) mass is 354 g/mol. The summed E-state index contributed by atoms with van der Waals surface area (Å²) in [5.41, 5.74) is 6.65. The summed E-state index contributed by atoms with van der Waals surface area (Å²) in [7, 11) is 0. The fraction of sp³-hybridized carbons (Fsp3) is 0.300. The van der Waals surface area contributed by atoms with Crippen molar-refractivity contribution in [2.45, 2.75) is 25.6 Å². The number of benzene rings is 2. The van der Waals surface area contributed by atoms with Crippen LogP contribution < -0.4 is 10.5 Å². The maximum atomic E-state index is 12.2. The predicted octanol–water partition coefficient (Wildman–Crippen LogP) is 2.97. The van der Waals surface area contributed by atoms with Gasteiger partial charge >= 0.3 is 6.09 Å². The molecular weight excluding hydrogens is 332 g/mol. The highest BCUT2D eigenvalue weighted by Gasteiger charge is 2.25. The SMILES string of the molecule is NC(=O)c1ccc(OC2CCN(C(=O)OCc3ccccc3)CC2)cc1. The van der Waals surface area contributed by atoms with Crippen molar-refractivity contribution in [1.82, 2.24) is 4.90 Å². The van der Waals surface area contributed by atoms with Gasteiger partial charge in [-0.25, -0.2) is 4.79 Å². The Kier molecular flexibility index (Phi) is 5.73. The number of carbonyl (C=O) groups excluding carboxylic acids is 2. The summed E-state index contributed by atoms with van der Waals surface area (Å²) in [6, 6.07) is 16.4. The van der Waals surface area contributed by atoms with Gasteiger partial charge in [0, 0.05) is 31.5 Å². The smallest absolute Gasteiger partial charge is 0.410 e. The Morgan fingerprint density at radius 1 is 1.00 bits per heavy atom. The van der Waals surface area contributed by atoms with E-state index in [1.165, 1.54) is 0 Å². The zero-order valence-electron chi connectivity index (χ0n) is 14.5. The molecule has 2 aromatic rings. The van der Waals surface area contributed by atoms with Crippen molar-refractivity contribution in [3.63, 3.8) is 0 Å². The molecule has 0 unspecified atom stereocenters. The standard InChI is InChI=1S/C20H22N2O4/c21-19(23)16-6-8-17(9-7-16)26-18-10-12-22(13-11-18)20(24)25-14-15-4-2-1-3-5-15/h1-9,18H,10-14H2,(H2,21,23). The number of rotatable bonds is 5. The first-order valence-corrected chi connectivity index (χ1v) is 8.64. The van der Waals surface area contributed by atoms with E-state index in [9.17, 15) is 9.59 Å². The van der Waals surface area contributed by atoms with Gasteiger partial charge in [-0.15, -0.1) is 0 Å². The molecule has 1 heterocycles. The molecular formula is C20H22N2O4. The number of hydrogen-bond acceptors (Lipinski definition) is 4. The van der Waals surface area contributed by atoms with Gasteiger partial charge in [0.15, 0.2) is 0 Å². The minimum absolute atomic E-state index is 0.0348. The molecule has 0 aromatic heterocycles. The molecule has 1 saturated heterocycles. The van der Waals surface area contributed by atoms with Crippen LogP contribution in [-0.4, -0.2) is 36.1 Å². The normalized spacial score (nSPS) is 14.7. The lowest BCUT2D eigenvalue weighted by atomic mass is 10.1. The number of carbonyl (C=O) groups is 2. The van der Waals surface area contributed by atoms with Gasteiger partial charge in [-0.05, 0) is 29.8 Å². The number of hydrogen-bond donors (Lipinski definition) is 1. The van der Waals surface area contributed by atoms with E-state index in [-0.39, 0.29) is 18.8 Å². The molecule has 1 aliphatic heterocycles. The van der Waals surface area contributed by atoms with Crippen molar-refractivity contribution in [2.75, 3.05) is 13.1 Å². The molecule has 0 bridgehead atoms. The number of primary amides is 1. The lowest BCUT2D eigenvalue weighted by molar-refractivity contribution is 0.0638. The molecule has 1 fully saturated rings. The molecule has 0 saturated carbocycles. The zero-order chi connectivity index (χ0) is 18.4. The van der Waals surface area contributed by atoms with Crippen molar-refractivity contribution in [3.8, 4) is 5.75 Å². The van der Waals surface area contributed by atoms with E-state index in [1.807, 2.05) is 30.3 Å². The molecule has 0 radical (unpaired) electrons. The molecule has 136 valence electrons. The lowest BCUT2D eigenvalue weighted by Crippen LogP contribution is -2.42. The zero-order valence-corrected chi connectivity index (χ0v) is 14.5. The highest BCUT2D eigenvalue weighted by Crippen LogP contribution is 2.20. The third-order valence-corrected chi connectivity index (χ3v) is 4.35. The van der Waals surface area contributed by atoms with Gasteiger partial charge in [0.25, 0.3) is 0 Å². The first-order valence-electron chi connectivity index (χ1n) is 8.64. The molecule has 2 amide bonds. The number of nitrogens with two attached hydrogens (primary N) is 1. The quantitative estimate of drug-likeness (QED) is 0.895. The average molecular weight is 354 g/mol. The van der Waals surface area contributed by atoms with Gasteiger partial charge in [0.05, 0.1) is 0 Å². The Morgan fingerprint density at radius 3 is 2.27 bits per heavy atom. The Hall–Kier alpha value is -3.02. The van der Waals surface area contributed by atoms with Gasteiger partial charge < -0.3 is 20.1 Å². The number of ether oxygens (including phenoxy) is 2. The first kappa shape index (κ1) is 17.8. The largest absolute Gasteiger partial charge is 0.490 e.